The smallest absolute Gasteiger partial charge is 0.220 e. The normalized spacial score (nSPS) is 15.7. The van der Waals surface area contributed by atoms with Crippen molar-refractivity contribution in [2.45, 2.75) is 45.1 Å². The Hall–Kier alpha value is -1.49. The molecule has 21 heavy (non-hydrogen) atoms. The SMILES string of the molecule is NC(=S)c1ccc(CNC(=O)CC2CCCCC2)c(F)c1. The fourth-order valence-electron chi connectivity index (χ4n) is 2.76. The molecule has 5 heteroatoms. The van der Waals surface area contributed by atoms with Crippen molar-refractivity contribution in [2.24, 2.45) is 11.7 Å². The lowest BCUT2D eigenvalue weighted by Crippen LogP contribution is -2.26. The van der Waals surface area contributed by atoms with Gasteiger partial charge in [0.1, 0.15) is 10.8 Å². The van der Waals surface area contributed by atoms with E-state index in [0.717, 1.165) is 12.8 Å². The summed E-state index contributed by atoms with van der Waals surface area (Å²) in [5, 5.41) is 2.79. The number of nitrogens with two attached hydrogens (primary N) is 1. The van der Waals surface area contributed by atoms with Gasteiger partial charge in [0.05, 0.1) is 0 Å². The average Bonchev–Trinajstić information content (AvgIpc) is 2.47. The minimum absolute atomic E-state index is 0.000257. The number of rotatable bonds is 5. The Kier molecular flexibility index (Phi) is 5.67. The molecule has 0 saturated heterocycles. The lowest BCUT2D eigenvalue weighted by molar-refractivity contribution is -0.122. The van der Waals surface area contributed by atoms with E-state index in [1.165, 1.54) is 25.3 Å². The second-order valence-corrected chi connectivity index (χ2v) is 6.10. The molecule has 1 aromatic carbocycles. The summed E-state index contributed by atoms with van der Waals surface area (Å²) in [5.74, 6) is 0.0959. The molecule has 0 spiro atoms. The van der Waals surface area contributed by atoms with Gasteiger partial charge in [-0.05, 0) is 24.8 Å². The molecule has 2 rings (SSSR count). The van der Waals surface area contributed by atoms with E-state index in [9.17, 15) is 9.18 Å². The highest BCUT2D eigenvalue weighted by atomic mass is 32.1. The van der Waals surface area contributed by atoms with Crippen LogP contribution in [0.15, 0.2) is 18.2 Å². The minimum Gasteiger partial charge on any atom is -0.389 e. The Bertz CT molecular complexity index is 527. The van der Waals surface area contributed by atoms with Crippen LogP contribution in [-0.2, 0) is 11.3 Å². The second-order valence-electron chi connectivity index (χ2n) is 5.66. The van der Waals surface area contributed by atoms with Crippen LogP contribution in [0, 0.1) is 11.7 Å². The lowest BCUT2D eigenvalue weighted by atomic mass is 9.87. The molecule has 1 amide bonds. The van der Waals surface area contributed by atoms with Gasteiger partial charge in [-0.25, -0.2) is 4.39 Å². The molecule has 0 aliphatic heterocycles. The standard InChI is InChI=1S/C16H21FN2OS/c17-14-9-12(16(18)21)6-7-13(14)10-19-15(20)8-11-4-2-1-3-5-11/h6-7,9,11H,1-5,8,10H2,(H2,18,21)(H,19,20). The van der Waals surface area contributed by atoms with Crippen LogP contribution in [0.2, 0.25) is 0 Å². The Morgan fingerprint density at radius 2 is 2.05 bits per heavy atom. The van der Waals surface area contributed by atoms with Crippen LogP contribution in [0.4, 0.5) is 4.39 Å². The van der Waals surface area contributed by atoms with Gasteiger partial charge in [-0.1, -0.05) is 43.6 Å². The van der Waals surface area contributed by atoms with Gasteiger partial charge < -0.3 is 11.1 Å². The number of nitrogens with one attached hydrogen (secondary N) is 1. The minimum atomic E-state index is -0.390. The van der Waals surface area contributed by atoms with Crippen LogP contribution >= 0.6 is 12.2 Å². The van der Waals surface area contributed by atoms with Gasteiger partial charge in [0, 0.05) is 24.1 Å². The van der Waals surface area contributed by atoms with Crippen molar-refractivity contribution >= 4 is 23.1 Å². The van der Waals surface area contributed by atoms with Crippen molar-refractivity contribution in [2.75, 3.05) is 0 Å². The first kappa shape index (κ1) is 15.9. The molecule has 1 fully saturated rings. The number of carbonyl (C=O) groups excluding carboxylic acids is 1. The number of carbonyl (C=O) groups is 1. The number of hydrogen-bond donors (Lipinski definition) is 2. The molecular formula is C16H21FN2OS. The van der Waals surface area contributed by atoms with Crippen LogP contribution in [0.25, 0.3) is 0 Å². The van der Waals surface area contributed by atoms with Gasteiger partial charge >= 0.3 is 0 Å². The highest BCUT2D eigenvalue weighted by Gasteiger charge is 2.17. The van der Waals surface area contributed by atoms with Crippen molar-refractivity contribution in [1.82, 2.24) is 5.32 Å². The van der Waals surface area contributed by atoms with Crippen LogP contribution in [0.1, 0.15) is 49.7 Å². The van der Waals surface area contributed by atoms with Gasteiger partial charge in [-0.15, -0.1) is 0 Å². The van der Waals surface area contributed by atoms with Crippen molar-refractivity contribution in [3.05, 3.63) is 35.1 Å². The fraction of sp³-hybridized carbons (Fsp3) is 0.500. The van der Waals surface area contributed by atoms with Gasteiger partial charge in [-0.2, -0.15) is 0 Å². The maximum absolute atomic E-state index is 13.9. The van der Waals surface area contributed by atoms with E-state index in [4.69, 9.17) is 18.0 Å². The summed E-state index contributed by atoms with van der Waals surface area (Å²) < 4.78 is 13.9. The molecule has 3 N–H and O–H groups in total. The molecule has 1 aliphatic rings. The van der Waals surface area contributed by atoms with Gasteiger partial charge in [0.15, 0.2) is 0 Å². The third-order valence-corrected chi connectivity index (χ3v) is 4.25. The fourth-order valence-corrected chi connectivity index (χ4v) is 2.89. The van der Waals surface area contributed by atoms with E-state index in [2.05, 4.69) is 5.32 Å². The van der Waals surface area contributed by atoms with Crippen molar-refractivity contribution in [3.63, 3.8) is 0 Å². The van der Waals surface area contributed by atoms with Crippen molar-refractivity contribution in [1.29, 1.82) is 0 Å². The van der Waals surface area contributed by atoms with Gasteiger partial charge in [0.2, 0.25) is 5.91 Å². The Labute approximate surface area is 130 Å². The zero-order chi connectivity index (χ0) is 15.2. The summed E-state index contributed by atoms with van der Waals surface area (Å²) in [5.41, 5.74) is 6.40. The van der Waals surface area contributed by atoms with E-state index in [0.29, 0.717) is 23.5 Å². The number of benzene rings is 1. The molecule has 114 valence electrons. The highest BCUT2D eigenvalue weighted by Crippen LogP contribution is 2.26. The first-order chi connectivity index (χ1) is 10.1. The van der Waals surface area contributed by atoms with E-state index in [1.807, 2.05) is 0 Å². The molecule has 0 atom stereocenters. The van der Waals surface area contributed by atoms with Gasteiger partial charge in [0.25, 0.3) is 0 Å². The van der Waals surface area contributed by atoms with E-state index in [-0.39, 0.29) is 17.4 Å². The molecule has 0 radical (unpaired) electrons. The first-order valence-corrected chi connectivity index (χ1v) is 7.82. The summed E-state index contributed by atoms with van der Waals surface area (Å²) in [4.78, 5) is 12.1. The quantitative estimate of drug-likeness (QED) is 0.822. The number of halogens is 1. The van der Waals surface area contributed by atoms with Crippen LogP contribution in [0.5, 0.6) is 0 Å². The molecule has 1 aliphatic carbocycles. The summed E-state index contributed by atoms with van der Waals surface area (Å²) >= 11 is 4.80. The Morgan fingerprint density at radius 3 is 2.67 bits per heavy atom. The lowest BCUT2D eigenvalue weighted by Gasteiger charge is -2.20. The topological polar surface area (TPSA) is 55.1 Å². The molecule has 0 aromatic heterocycles. The third kappa shape index (κ3) is 4.77. The van der Waals surface area contributed by atoms with Crippen LogP contribution < -0.4 is 11.1 Å². The molecule has 1 aromatic rings. The predicted molar refractivity (Wildman–Crippen MR) is 85.3 cm³/mol. The molecule has 3 nitrogen and oxygen atoms in total. The molecule has 1 saturated carbocycles. The maximum Gasteiger partial charge on any atom is 0.220 e. The Balaban J connectivity index is 1.84. The van der Waals surface area contributed by atoms with Crippen LogP contribution in [-0.4, -0.2) is 10.9 Å². The largest absolute Gasteiger partial charge is 0.389 e. The van der Waals surface area contributed by atoms with Crippen molar-refractivity contribution < 1.29 is 9.18 Å². The zero-order valence-electron chi connectivity index (χ0n) is 12.0. The predicted octanol–water partition coefficient (Wildman–Crippen LogP) is 3.05. The van der Waals surface area contributed by atoms with E-state index >= 15 is 0 Å². The molecule has 0 unspecified atom stereocenters. The highest BCUT2D eigenvalue weighted by molar-refractivity contribution is 7.80. The molecule has 0 bridgehead atoms. The summed E-state index contributed by atoms with van der Waals surface area (Å²) in [6.07, 6.45) is 6.51. The zero-order valence-corrected chi connectivity index (χ0v) is 12.8. The summed E-state index contributed by atoms with van der Waals surface area (Å²) in [6.45, 7) is 0.203. The van der Waals surface area contributed by atoms with Crippen LogP contribution in [0.3, 0.4) is 0 Å². The number of thiocarbonyl (C=S) groups is 1. The van der Waals surface area contributed by atoms with E-state index in [1.54, 1.807) is 12.1 Å². The first-order valence-electron chi connectivity index (χ1n) is 7.41. The number of amides is 1. The van der Waals surface area contributed by atoms with E-state index < -0.39 is 5.82 Å². The average molecular weight is 308 g/mol. The van der Waals surface area contributed by atoms with Gasteiger partial charge in [-0.3, -0.25) is 4.79 Å². The molecular weight excluding hydrogens is 287 g/mol. The van der Waals surface area contributed by atoms with Crippen molar-refractivity contribution in [3.8, 4) is 0 Å². The monoisotopic (exact) mass is 308 g/mol. The maximum atomic E-state index is 13.9. The Morgan fingerprint density at radius 1 is 1.33 bits per heavy atom. The molecule has 0 heterocycles. The second kappa shape index (κ2) is 7.50. The number of hydrogen-bond acceptors (Lipinski definition) is 2. The summed E-state index contributed by atoms with van der Waals surface area (Å²) in [6, 6.07) is 4.60. The third-order valence-electron chi connectivity index (χ3n) is 4.01. The summed E-state index contributed by atoms with van der Waals surface area (Å²) in [7, 11) is 0.